The molecule has 5 nitrogen and oxygen atoms in total. The lowest BCUT2D eigenvalue weighted by atomic mass is 10.1. The summed E-state index contributed by atoms with van der Waals surface area (Å²) in [6.45, 7) is 2.35. The van der Waals surface area contributed by atoms with Crippen LogP contribution in [0.1, 0.15) is 21.7 Å². The van der Waals surface area contributed by atoms with E-state index in [0.29, 0.717) is 23.1 Å². The number of nitrogens with one attached hydrogen (secondary N) is 1. The number of aromatic carboxylic acids is 1. The average Bonchev–Trinajstić information content (AvgIpc) is 3.09. The summed E-state index contributed by atoms with van der Waals surface area (Å²) in [7, 11) is 1.57. The molecule has 0 saturated heterocycles. The van der Waals surface area contributed by atoms with Crippen molar-refractivity contribution in [2.24, 2.45) is 0 Å². The predicted molar refractivity (Wildman–Crippen MR) is 101 cm³/mol. The number of anilines is 1. The van der Waals surface area contributed by atoms with E-state index < -0.39 is 5.97 Å². The van der Waals surface area contributed by atoms with Crippen LogP contribution in [0.15, 0.2) is 52.9 Å². The molecule has 0 aliphatic rings. The molecule has 134 valence electrons. The maximum absolute atomic E-state index is 11.0. The number of furan rings is 1. The molecular formula is C20H18ClNO4. The molecule has 3 rings (SSSR count). The fourth-order valence-corrected chi connectivity index (χ4v) is 2.88. The van der Waals surface area contributed by atoms with Crippen molar-refractivity contribution in [1.29, 1.82) is 0 Å². The summed E-state index contributed by atoms with van der Waals surface area (Å²) in [6, 6.07) is 14.2. The molecule has 0 saturated carbocycles. The first kappa shape index (κ1) is 17.9. The number of rotatable bonds is 6. The zero-order valence-corrected chi connectivity index (χ0v) is 15.1. The quantitative estimate of drug-likeness (QED) is 0.621. The summed E-state index contributed by atoms with van der Waals surface area (Å²) in [5, 5.41) is 12.8. The van der Waals surface area contributed by atoms with Gasteiger partial charge in [-0.15, -0.1) is 0 Å². The number of hydrogen-bond donors (Lipinski definition) is 2. The normalized spacial score (nSPS) is 10.6. The van der Waals surface area contributed by atoms with Crippen LogP contribution in [0, 0.1) is 6.92 Å². The molecule has 0 aliphatic heterocycles. The van der Waals surface area contributed by atoms with E-state index in [9.17, 15) is 4.79 Å². The molecule has 26 heavy (non-hydrogen) atoms. The molecule has 2 N–H and O–H groups in total. The Bertz CT molecular complexity index is 949. The van der Waals surface area contributed by atoms with Crippen LogP contribution in [0.4, 0.5) is 5.69 Å². The fourth-order valence-electron chi connectivity index (χ4n) is 2.63. The van der Waals surface area contributed by atoms with Crippen molar-refractivity contribution in [3.63, 3.8) is 0 Å². The molecule has 1 aromatic heterocycles. The Kier molecular flexibility index (Phi) is 5.19. The van der Waals surface area contributed by atoms with Crippen LogP contribution in [-0.4, -0.2) is 18.2 Å². The zero-order chi connectivity index (χ0) is 18.7. The van der Waals surface area contributed by atoms with Crippen molar-refractivity contribution in [2.45, 2.75) is 13.5 Å². The van der Waals surface area contributed by atoms with Gasteiger partial charge in [-0.05, 0) is 61.0 Å². The van der Waals surface area contributed by atoms with Gasteiger partial charge in [0.05, 0.1) is 24.2 Å². The second kappa shape index (κ2) is 7.54. The van der Waals surface area contributed by atoms with Crippen molar-refractivity contribution in [2.75, 3.05) is 12.4 Å². The minimum Gasteiger partial charge on any atom is -0.495 e. The first-order chi connectivity index (χ1) is 12.5. The van der Waals surface area contributed by atoms with Gasteiger partial charge >= 0.3 is 5.97 Å². The number of ether oxygens (including phenoxy) is 1. The molecule has 6 heteroatoms. The summed E-state index contributed by atoms with van der Waals surface area (Å²) in [5.41, 5.74) is 2.85. The fraction of sp³-hybridized carbons (Fsp3) is 0.150. The van der Waals surface area contributed by atoms with Crippen LogP contribution in [0.5, 0.6) is 5.75 Å². The highest BCUT2D eigenvalue weighted by Gasteiger charge is 2.09. The van der Waals surface area contributed by atoms with Crippen molar-refractivity contribution < 1.29 is 19.1 Å². The predicted octanol–water partition coefficient (Wildman–Crippen LogP) is 5.23. The highest BCUT2D eigenvalue weighted by molar-refractivity contribution is 6.32. The molecule has 0 spiro atoms. The van der Waals surface area contributed by atoms with Gasteiger partial charge in [0, 0.05) is 11.3 Å². The Hall–Kier alpha value is -2.92. The molecule has 3 aromatic rings. The van der Waals surface area contributed by atoms with Gasteiger partial charge in [0.1, 0.15) is 17.3 Å². The molecule has 0 unspecified atom stereocenters. The number of carbonyl (C=O) groups is 1. The number of methoxy groups -OCH3 is 1. The second-order valence-electron chi connectivity index (χ2n) is 5.80. The highest BCUT2D eigenvalue weighted by Crippen LogP contribution is 2.31. The number of carboxylic acids is 1. The van der Waals surface area contributed by atoms with Gasteiger partial charge in [0.15, 0.2) is 0 Å². The van der Waals surface area contributed by atoms with E-state index >= 15 is 0 Å². The van der Waals surface area contributed by atoms with Gasteiger partial charge in [-0.3, -0.25) is 0 Å². The van der Waals surface area contributed by atoms with E-state index in [0.717, 1.165) is 22.6 Å². The van der Waals surface area contributed by atoms with Crippen LogP contribution in [0.3, 0.4) is 0 Å². The van der Waals surface area contributed by atoms with E-state index in [4.69, 9.17) is 25.9 Å². The van der Waals surface area contributed by atoms with E-state index in [2.05, 4.69) is 5.32 Å². The Morgan fingerprint density at radius 2 is 2.00 bits per heavy atom. The average molecular weight is 372 g/mol. The van der Waals surface area contributed by atoms with Crippen LogP contribution in [-0.2, 0) is 6.54 Å². The summed E-state index contributed by atoms with van der Waals surface area (Å²) in [5.74, 6) is 1.15. The molecule has 0 fully saturated rings. The molecule has 0 atom stereocenters. The molecular weight excluding hydrogens is 354 g/mol. The molecule has 0 radical (unpaired) electrons. The van der Waals surface area contributed by atoms with Crippen LogP contribution < -0.4 is 10.1 Å². The van der Waals surface area contributed by atoms with E-state index in [-0.39, 0.29) is 5.56 Å². The van der Waals surface area contributed by atoms with Gasteiger partial charge in [0.2, 0.25) is 0 Å². The summed E-state index contributed by atoms with van der Waals surface area (Å²) >= 11 is 6.16. The summed E-state index contributed by atoms with van der Waals surface area (Å²) in [4.78, 5) is 11.0. The van der Waals surface area contributed by atoms with Crippen molar-refractivity contribution >= 4 is 23.3 Å². The topological polar surface area (TPSA) is 71.7 Å². The van der Waals surface area contributed by atoms with Gasteiger partial charge < -0.3 is 19.6 Å². The Labute approximate surface area is 156 Å². The highest BCUT2D eigenvalue weighted by atomic mass is 35.5. The first-order valence-electron chi connectivity index (χ1n) is 7.98. The minimum atomic E-state index is -0.937. The van der Waals surface area contributed by atoms with Crippen molar-refractivity contribution in [3.8, 4) is 17.1 Å². The third-order valence-electron chi connectivity index (χ3n) is 4.02. The number of carboxylic acid groups (broad SMARTS) is 1. The number of hydrogen-bond acceptors (Lipinski definition) is 4. The van der Waals surface area contributed by atoms with E-state index in [1.165, 1.54) is 0 Å². The maximum atomic E-state index is 11.0. The van der Waals surface area contributed by atoms with Gasteiger partial charge in [-0.1, -0.05) is 11.6 Å². The van der Waals surface area contributed by atoms with Gasteiger partial charge in [-0.2, -0.15) is 0 Å². The Balaban J connectivity index is 1.71. The number of halogens is 1. The number of aryl methyl sites for hydroxylation is 1. The lowest BCUT2D eigenvalue weighted by Crippen LogP contribution is -2.02. The molecule has 0 bridgehead atoms. The zero-order valence-electron chi connectivity index (χ0n) is 14.4. The third-order valence-corrected chi connectivity index (χ3v) is 4.32. The minimum absolute atomic E-state index is 0.268. The molecule has 2 aromatic carbocycles. The van der Waals surface area contributed by atoms with Crippen LogP contribution >= 0.6 is 11.6 Å². The SMILES string of the molecule is COc1ccc(-c2ccc(CNc3ccc(C(=O)O)cc3C)o2)cc1Cl. The molecule has 0 amide bonds. The molecule has 1 heterocycles. The lowest BCUT2D eigenvalue weighted by Gasteiger charge is -2.09. The van der Waals surface area contributed by atoms with E-state index in [1.807, 2.05) is 25.1 Å². The Morgan fingerprint density at radius 1 is 1.19 bits per heavy atom. The maximum Gasteiger partial charge on any atom is 0.335 e. The summed E-state index contributed by atoms with van der Waals surface area (Å²) in [6.07, 6.45) is 0. The van der Waals surface area contributed by atoms with E-state index in [1.54, 1.807) is 37.4 Å². The third kappa shape index (κ3) is 3.83. The second-order valence-corrected chi connectivity index (χ2v) is 6.21. The largest absolute Gasteiger partial charge is 0.495 e. The summed E-state index contributed by atoms with van der Waals surface area (Å²) < 4.78 is 11.0. The van der Waals surface area contributed by atoms with Crippen LogP contribution in [0.2, 0.25) is 5.02 Å². The first-order valence-corrected chi connectivity index (χ1v) is 8.36. The molecule has 0 aliphatic carbocycles. The lowest BCUT2D eigenvalue weighted by molar-refractivity contribution is 0.0697. The van der Waals surface area contributed by atoms with Crippen molar-refractivity contribution in [1.82, 2.24) is 0 Å². The van der Waals surface area contributed by atoms with Crippen molar-refractivity contribution in [3.05, 3.63) is 70.4 Å². The van der Waals surface area contributed by atoms with Gasteiger partial charge in [0.25, 0.3) is 0 Å². The Morgan fingerprint density at radius 3 is 2.65 bits per heavy atom. The monoisotopic (exact) mass is 371 g/mol. The van der Waals surface area contributed by atoms with Gasteiger partial charge in [-0.25, -0.2) is 4.79 Å². The number of benzene rings is 2. The standard InChI is InChI=1S/C20H18ClNO4/c1-12-9-14(20(23)24)3-6-17(12)22-11-15-5-8-18(26-15)13-4-7-19(25-2)16(21)10-13/h3-10,22H,11H2,1-2H3,(H,23,24). The smallest absolute Gasteiger partial charge is 0.335 e. The van der Waals surface area contributed by atoms with Crippen LogP contribution in [0.25, 0.3) is 11.3 Å².